The fraction of sp³-hybridized carbons (Fsp3) is 0.318. The Balaban J connectivity index is 1.89. The predicted molar refractivity (Wildman–Crippen MR) is 112 cm³/mol. The summed E-state index contributed by atoms with van der Waals surface area (Å²) in [6.07, 6.45) is 0. The molecule has 0 unspecified atom stereocenters. The number of fused-ring (bicyclic) bond motifs is 1. The summed E-state index contributed by atoms with van der Waals surface area (Å²) in [5, 5.41) is 2.75. The summed E-state index contributed by atoms with van der Waals surface area (Å²) in [4.78, 5) is 31.4. The molecule has 3 amide bonds. The van der Waals surface area contributed by atoms with Gasteiger partial charge >= 0.3 is 6.03 Å². The van der Waals surface area contributed by atoms with Crippen LogP contribution in [0.2, 0.25) is 0 Å². The molecule has 1 aliphatic heterocycles. The minimum absolute atomic E-state index is 0.0366. The molecule has 7 nitrogen and oxygen atoms in total. The Morgan fingerprint density at radius 2 is 1.86 bits per heavy atom. The Bertz CT molecular complexity index is 953. The molecule has 1 N–H and O–H groups in total. The first kappa shape index (κ1) is 20.4. The predicted octanol–water partition coefficient (Wildman–Crippen LogP) is 3.84. The fourth-order valence-corrected chi connectivity index (χ4v) is 3.28. The van der Waals surface area contributed by atoms with E-state index in [0.717, 1.165) is 0 Å². The Labute approximate surface area is 170 Å². The Morgan fingerprint density at radius 1 is 1.14 bits per heavy atom. The molecule has 3 rings (SSSR count). The zero-order valence-electron chi connectivity index (χ0n) is 17.1. The van der Waals surface area contributed by atoms with Crippen LogP contribution in [-0.4, -0.2) is 49.9 Å². The number of amides is 3. The molecule has 0 aromatic heterocycles. The number of aliphatic imine (C=N–C) groups is 1. The molecule has 152 valence electrons. The van der Waals surface area contributed by atoms with Crippen molar-refractivity contribution in [2.75, 3.05) is 32.6 Å². The highest BCUT2D eigenvalue weighted by Gasteiger charge is 2.29. The van der Waals surface area contributed by atoms with Crippen LogP contribution in [0.1, 0.15) is 29.8 Å². The first-order valence-corrected chi connectivity index (χ1v) is 9.42. The highest BCUT2D eigenvalue weighted by molar-refractivity contribution is 6.18. The van der Waals surface area contributed by atoms with Crippen LogP contribution in [-0.2, 0) is 0 Å². The fourth-order valence-electron chi connectivity index (χ4n) is 3.28. The van der Waals surface area contributed by atoms with Crippen molar-refractivity contribution in [2.24, 2.45) is 10.9 Å². The lowest BCUT2D eigenvalue weighted by molar-refractivity contribution is 0.0755. The third-order valence-electron chi connectivity index (χ3n) is 4.57. The van der Waals surface area contributed by atoms with Gasteiger partial charge in [0.2, 0.25) is 0 Å². The van der Waals surface area contributed by atoms with Gasteiger partial charge in [0, 0.05) is 23.7 Å². The molecule has 0 bridgehead atoms. The third-order valence-corrected chi connectivity index (χ3v) is 4.57. The minimum atomic E-state index is -0.530. The van der Waals surface area contributed by atoms with Gasteiger partial charge < -0.3 is 19.7 Å². The Morgan fingerprint density at radius 3 is 2.52 bits per heavy atom. The van der Waals surface area contributed by atoms with Gasteiger partial charge in [-0.1, -0.05) is 32.0 Å². The number of carbonyl (C=O) groups excluding carboxylic acids is 2. The van der Waals surface area contributed by atoms with Crippen molar-refractivity contribution < 1.29 is 19.1 Å². The van der Waals surface area contributed by atoms with E-state index in [4.69, 9.17) is 9.47 Å². The van der Waals surface area contributed by atoms with Gasteiger partial charge in [0.25, 0.3) is 5.91 Å². The molecule has 7 heteroatoms. The second kappa shape index (κ2) is 8.77. The van der Waals surface area contributed by atoms with Crippen molar-refractivity contribution in [1.82, 2.24) is 4.90 Å². The van der Waals surface area contributed by atoms with Gasteiger partial charge in [0.1, 0.15) is 11.5 Å². The molecule has 1 aliphatic rings. The van der Waals surface area contributed by atoms with Crippen molar-refractivity contribution in [3.8, 4) is 11.5 Å². The minimum Gasteiger partial charge on any atom is -0.497 e. The summed E-state index contributed by atoms with van der Waals surface area (Å²) in [5.41, 5.74) is 2.30. The quantitative estimate of drug-likeness (QED) is 0.834. The summed E-state index contributed by atoms with van der Waals surface area (Å²) < 4.78 is 10.5. The molecule has 0 aliphatic carbocycles. The largest absolute Gasteiger partial charge is 0.497 e. The first-order chi connectivity index (χ1) is 13.9. The number of carbonyl (C=O) groups is 2. The summed E-state index contributed by atoms with van der Waals surface area (Å²) in [7, 11) is 3.08. The Kier molecular flexibility index (Phi) is 6.16. The van der Waals surface area contributed by atoms with E-state index < -0.39 is 6.03 Å². The van der Waals surface area contributed by atoms with Crippen LogP contribution in [0.5, 0.6) is 11.5 Å². The van der Waals surface area contributed by atoms with Gasteiger partial charge in [-0.2, -0.15) is 4.99 Å². The standard InChI is InChI=1S/C22H25N3O4/c1-14(2)12-25-13-19(16-7-5-6-8-17(16)21(25)26)24-22(27)23-18-10-9-15(28-3)11-20(18)29-4/h5-11,14H,12-13H2,1-4H3,(H,23,27). The second-order valence-corrected chi connectivity index (χ2v) is 7.18. The number of methoxy groups -OCH3 is 2. The van der Waals surface area contributed by atoms with Gasteiger partial charge in [0.05, 0.1) is 32.2 Å². The van der Waals surface area contributed by atoms with Crippen LogP contribution >= 0.6 is 0 Å². The maximum Gasteiger partial charge on any atom is 0.345 e. The summed E-state index contributed by atoms with van der Waals surface area (Å²) in [6, 6.07) is 11.8. The molecule has 0 saturated heterocycles. The molecule has 29 heavy (non-hydrogen) atoms. The Hall–Kier alpha value is -3.35. The molecule has 2 aromatic rings. The lowest BCUT2D eigenvalue weighted by atomic mass is 9.96. The maximum absolute atomic E-state index is 12.8. The van der Waals surface area contributed by atoms with Crippen LogP contribution < -0.4 is 14.8 Å². The van der Waals surface area contributed by atoms with E-state index in [2.05, 4.69) is 10.3 Å². The number of anilines is 1. The van der Waals surface area contributed by atoms with Crippen molar-refractivity contribution in [1.29, 1.82) is 0 Å². The zero-order valence-corrected chi connectivity index (χ0v) is 17.1. The second-order valence-electron chi connectivity index (χ2n) is 7.18. The van der Waals surface area contributed by atoms with Crippen molar-refractivity contribution in [3.63, 3.8) is 0 Å². The number of nitrogens with zero attached hydrogens (tertiary/aromatic N) is 2. The van der Waals surface area contributed by atoms with E-state index >= 15 is 0 Å². The van der Waals surface area contributed by atoms with E-state index in [1.54, 1.807) is 36.3 Å². The first-order valence-electron chi connectivity index (χ1n) is 9.42. The van der Waals surface area contributed by atoms with Gasteiger partial charge in [-0.25, -0.2) is 4.79 Å². The zero-order chi connectivity index (χ0) is 21.0. The van der Waals surface area contributed by atoms with E-state index in [1.807, 2.05) is 32.0 Å². The summed E-state index contributed by atoms with van der Waals surface area (Å²) >= 11 is 0. The number of nitrogens with one attached hydrogen (secondary N) is 1. The monoisotopic (exact) mass is 395 g/mol. The molecular formula is C22H25N3O4. The average molecular weight is 395 g/mol. The van der Waals surface area contributed by atoms with Crippen molar-refractivity contribution >= 4 is 23.3 Å². The van der Waals surface area contributed by atoms with E-state index in [0.29, 0.717) is 53.0 Å². The maximum atomic E-state index is 12.8. The lowest BCUT2D eigenvalue weighted by Gasteiger charge is -2.30. The van der Waals surface area contributed by atoms with E-state index in [1.165, 1.54) is 7.11 Å². The number of benzene rings is 2. The average Bonchev–Trinajstić information content (AvgIpc) is 2.71. The third kappa shape index (κ3) is 4.56. The van der Waals surface area contributed by atoms with Gasteiger partial charge in [-0.3, -0.25) is 4.79 Å². The molecule has 2 aromatic carbocycles. The number of hydrogen-bond donors (Lipinski definition) is 1. The normalized spacial score (nSPS) is 14.7. The molecule has 0 atom stereocenters. The molecule has 0 radical (unpaired) electrons. The van der Waals surface area contributed by atoms with Crippen LogP contribution in [0, 0.1) is 5.92 Å². The van der Waals surface area contributed by atoms with Crippen molar-refractivity contribution in [3.05, 3.63) is 53.6 Å². The lowest BCUT2D eigenvalue weighted by Crippen LogP contribution is -2.43. The molecule has 1 heterocycles. The summed E-state index contributed by atoms with van der Waals surface area (Å²) in [6.45, 7) is 4.99. The van der Waals surface area contributed by atoms with Crippen LogP contribution in [0.3, 0.4) is 0 Å². The number of rotatable bonds is 5. The number of urea groups is 1. The number of hydrogen-bond acceptors (Lipinski definition) is 4. The van der Waals surface area contributed by atoms with Crippen molar-refractivity contribution in [2.45, 2.75) is 13.8 Å². The van der Waals surface area contributed by atoms with Crippen LogP contribution in [0.25, 0.3) is 0 Å². The molecule has 0 spiro atoms. The highest BCUT2D eigenvalue weighted by atomic mass is 16.5. The van der Waals surface area contributed by atoms with Crippen LogP contribution in [0.15, 0.2) is 47.5 Å². The van der Waals surface area contributed by atoms with Gasteiger partial charge in [-0.15, -0.1) is 0 Å². The van der Waals surface area contributed by atoms with E-state index in [9.17, 15) is 9.59 Å². The molecule has 0 fully saturated rings. The SMILES string of the molecule is COc1ccc(NC(=O)N=C2CN(CC(C)C)C(=O)c3ccccc32)c(OC)c1. The molecular weight excluding hydrogens is 370 g/mol. The van der Waals surface area contributed by atoms with E-state index in [-0.39, 0.29) is 5.91 Å². The van der Waals surface area contributed by atoms with Crippen LogP contribution in [0.4, 0.5) is 10.5 Å². The van der Waals surface area contributed by atoms with Gasteiger partial charge in [-0.05, 0) is 24.1 Å². The highest BCUT2D eigenvalue weighted by Crippen LogP contribution is 2.29. The summed E-state index contributed by atoms with van der Waals surface area (Å²) in [5.74, 6) is 1.36. The van der Waals surface area contributed by atoms with Gasteiger partial charge in [0.15, 0.2) is 0 Å². The topological polar surface area (TPSA) is 80.2 Å². The molecule has 0 saturated carbocycles. The number of ether oxygens (including phenoxy) is 2. The smallest absolute Gasteiger partial charge is 0.345 e.